The fourth-order valence-corrected chi connectivity index (χ4v) is 1.60. The van der Waals surface area contributed by atoms with Crippen LogP contribution in [0.4, 0.5) is 0 Å². The lowest BCUT2D eigenvalue weighted by molar-refractivity contribution is 0.0110. The van der Waals surface area contributed by atoms with E-state index in [1.165, 1.54) is 0 Å². The highest BCUT2D eigenvalue weighted by molar-refractivity contribution is 4.77. The van der Waals surface area contributed by atoms with Crippen molar-refractivity contribution in [2.45, 2.75) is 64.6 Å². The van der Waals surface area contributed by atoms with Crippen LogP contribution in [0.5, 0.6) is 0 Å². The third-order valence-corrected chi connectivity index (χ3v) is 2.92. The summed E-state index contributed by atoms with van der Waals surface area (Å²) in [6.45, 7) is 7.29. The van der Waals surface area contributed by atoms with Crippen LogP contribution in [0, 0.1) is 0 Å². The quantitative estimate of drug-likeness (QED) is 0.581. The maximum atomic E-state index is 9.92. The highest BCUT2D eigenvalue weighted by Crippen LogP contribution is 2.15. The highest BCUT2D eigenvalue weighted by Gasteiger charge is 2.21. The van der Waals surface area contributed by atoms with E-state index in [2.05, 4.69) is 13.8 Å². The van der Waals surface area contributed by atoms with Gasteiger partial charge in [0.2, 0.25) is 0 Å². The Kier molecular flexibility index (Phi) is 8.02. The Morgan fingerprint density at radius 3 is 2.53 bits per heavy atom. The molecule has 3 heteroatoms. The molecular weight excluding hydrogens is 190 g/mol. The van der Waals surface area contributed by atoms with Gasteiger partial charge in [0.15, 0.2) is 0 Å². The molecular formula is C12H27NO2. The minimum Gasteiger partial charge on any atom is -0.389 e. The molecule has 0 bridgehead atoms. The number of hydrogen-bond acceptors (Lipinski definition) is 3. The Hall–Kier alpha value is -0.120. The van der Waals surface area contributed by atoms with E-state index in [1.807, 2.05) is 6.92 Å². The average Bonchev–Trinajstić information content (AvgIpc) is 2.24. The molecule has 0 spiro atoms. The predicted octanol–water partition coefficient (Wildman–Crippen LogP) is 2.07. The molecule has 92 valence electrons. The second-order valence-electron chi connectivity index (χ2n) is 4.36. The summed E-state index contributed by atoms with van der Waals surface area (Å²) in [5.41, 5.74) is 4.83. The van der Waals surface area contributed by atoms with Crippen LogP contribution in [-0.2, 0) is 4.74 Å². The molecule has 0 aromatic carbocycles. The van der Waals surface area contributed by atoms with Gasteiger partial charge in [-0.2, -0.15) is 0 Å². The summed E-state index contributed by atoms with van der Waals surface area (Å²) >= 11 is 0. The molecule has 15 heavy (non-hydrogen) atoms. The minimum atomic E-state index is -0.683. The van der Waals surface area contributed by atoms with Crippen molar-refractivity contribution in [3.8, 4) is 0 Å². The normalized spacial score (nSPS) is 17.4. The van der Waals surface area contributed by atoms with Crippen molar-refractivity contribution in [1.82, 2.24) is 0 Å². The molecule has 2 unspecified atom stereocenters. The van der Waals surface area contributed by atoms with E-state index in [0.717, 1.165) is 32.3 Å². The largest absolute Gasteiger partial charge is 0.389 e. The lowest BCUT2D eigenvalue weighted by atomic mass is 9.95. The van der Waals surface area contributed by atoms with Gasteiger partial charge in [0.05, 0.1) is 11.7 Å². The monoisotopic (exact) mass is 217 g/mol. The number of aliphatic hydroxyl groups is 1. The molecule has 3 nitrogen and oxygen atoms in total. The summed E-state index contributed by atoms with van der Waals surface area (Å²) in [6.07, 6.45) is 4.93. The van der Waals surface area contributed by atoms with Gasteiger partial charge in [0.1, 0.15) is 0 Å². The maximum absolute atomic E-state index is 9.92. The Balaban J connectivity index is 3.52. The third kappa shape index (κ3) is 6.88. The minimum absolute atomic E-state index is 0.336. The number of nitrogens with two attached hydrogens (primary N) is 1. The maximum Gasteiger partial charge on any atom is 0.0767 e. The molecule has 0 heterocycles. The third-order valence-electron chi connectivity index (χ3n) is 2.92. The summed E-state index contributed by atoms with van der Waals surface area (Å²) in [6, 6.07) is 0. The first-order chi connectivity index (χ1) is 7.08. The molecule has 0 saturated carbocycles. The van der Waals surface area contributed by atoms with Crippen molar-refractivity contribution in [1.29, 1.82) is 0 Å². The SMILES string of the molecule is CCCC(C)OCCCC(O)(CC)CN. The van der Waals surface area contributed by atoms with E-state index in [0.29, 0.717) is 19.1 Å². The van der Waals surface area contributed by atoms with Gasteiger partial charge in [-0.15, -0.1) is 0 Å². The lowest BCUT2D eigenvalue weighted by Crippen LogP contribution is -2.37. The fraction of sp³-hybridized carbons (Fsp3) is 1.00. The summed E-state index contributed by atoms with van der Waals surface area (Å²) in [4.78, 5) is 0. The highest BCUT2D eigenvalue weighted by atomic mass is 16.5. The van der Waals surface area contributed by atoms with Crippen LogP contribution in [0.2, 0.25) is 0 Å². The van der Waals surface area contributed by atoms with E-state index in [-0.39, 0.29) is 0 Å². The van der Waals surface area contributed by atoms with Gasteiger partial charge in [-0.1, -0.05) is 20.3 Å². The molecule has 0 aliphatic heterocycles. The van der Waals surface area contributed by atoms with E-state index in [4.69, 9.17) is 10.5 Å². The van der Waals surface area contributed by atoms with Crippen molar-refractivity contribution < 1.29 is 9.84 Å². The molecule has 0 fully saturated rings. The van der Waals surface area contributed by atoms with Crippen molar-refractivity contribution in [3.05, 3.63) is 0 Å². The standard InChI is InChI=1S/C12H27NO2/c1-4-7-11(3)15-9-6-8-12(14,5-2)10-13/h11,14H,4-10,13H2,1-3H3. The first-order valence-electron chi connectivity index (χ1n) is 6.12. The van der Waals surface area contributed by atoms with Crippen molar-refractivity contribution in [3.63, 3.8) is 0 Å². The molecule has 0 aromatic rings. The van der Waals surface area contributed by atoms with Gasteiger partial charge in [-0.05, 0) is 32.6 Å². The molecule has 0 aliphatic rings. The van der Waals surface area contributed by atoms with Crippen LogP contribution in [0.15, 0.2) is 0 Å². The van der Waals surface area contributed by atoms with Gasteiger partial charge < -0.3 is 15.6 Å². The molecule has 0 aliphatic carbocycles. The zero-order valence-corrected chi connectivity index (χ0v) is 10.5. The summed E-state index contributed by atoms with van der Waals surface area (Å²) in [7, 11) is 0. The van der Waals surface area contributed by atoms with Crippen LogP contribution < -0.4 is 5.73 Å². The zero-order valence-electron chi connectivity index (χ0n) is 10.5. The van der Waals surface area contributed by atoms with Gasteiger partial charge in [-0.25, -0.2) is 0 Å². The molecule has 0 aromatic heterocycles. The van der Waals surface area contributed by atoms with E-state index >= 15 is 0 Å². The van der Waals surface area contributed by atoms with Crippen LogP contribution in [0.3, 0.4) is 0 Å². The van der Waals surface area contributed by atoms with Crippen LogP contribution >= 0.6 is 0 Å². The van der Waals surface area contributed by atoms with Gasteiger partial charge in [0.25, 0.3) is 0 Å². The Labute approximate surface area is 94.0 Å². The first-order valence-corrected chi connectivity index (χ1v) is 6.12. The molecule has 2 atom stereocenters. The van der Waals surface area contributed by atoms with Crippen LogP contribution in [-0.4, -0.2) is 30.0 Å². The molecule has 0 amide bonds. The fourth-order valence-electron chi connectivity index (χ4n) is 1.60. The summed E-state index contributed by atoms with van der Waals surface area (Å²) < 4.78 is 5.61. The molecule has 0 rings (SSSR count). The second kappa shape index (κ2) is 8.08. The van der Waals surface area contributed by atoms with Gasteiger partial charge >= 0.3 is 0 Å². The van der Waals surface area contributed by atoms with Crippen LogP contribution in [0.1, 0.15) is 52.9 Å². The Morgan fingerprint density at radius 1 is 1.40 bits per heavy atom. The lowest BCUT2D eigenvalue weighted by Gasteiger charge is -2.25. The first kappa shape index (κ1) is 14.9. The van der Waals surface area contributed by atoms with Crippen molar-refractivity contribution in [2.24, 2.45) is 5.73 Å². The van der Waals surface area contributed by atoms with Gasteiger partial charge in [0, 0.05) is 13.2 Å². The Bertz CT molecular complexity index is 147. The topological polar surface area (TPSA) is 55.5 Å². The van der Waals surface area contributed by atoms with Crippen molar-refractivity contribution in [2.75, 3.05) is 13.2 Å². The van der Waals surface area contributed by atoms with E-state index in [1.54, 1.807) is 0 Å². The molecule has 3 N–H and O–H groups in total. The smallest absolute Gasteiger partial charge is 0.0767 e. The summed E-state index contributed by atoms with van der Waals surface area (Å²) in [5.74, 6) is 0. The van der Waals surface area contributed by atoms with Crippen molar-refractivity contribution >= 4 is 0 Å². The Morgan fingerprint density at radius 2 is 2.07 bits per heavy atom. The number of ether oxygens (including phenoxy) is 1. The van der Waals surface area contributed by atoms with E-state index in [9.17, 15) is 5.11 Å². The average molecular weight is 217 g/mol. The van der Waals surface area contributed by atoms with Gasteiger partial charge in [-0.3, -0.25) is 0 Å². The molecule has 0 saturated heterocycles. The molecule has 0 radical (unpaired) electrons. The number of rotatable bonds is 9. The van der Waals surface area contributed by atoms with E-state index < -0.39 is 5.60 Å². The summed E-state index contributed by atoms with van der Waals surface area (Å²) in [5, 5.41) is 9.92. The second-order valence-corrected chi connectivity index (χ2v) is 4.36. The zero-order chi connectivity index (χ0) is 11.7. The number of hydrogen-bond donors (Lipinski definition) is 2. The van der Waals surface area contributed by atoms with Crippen LogP contribution in [0.25, 0.3) is 0 Å². The predicted molar refractivity (Wildman–Crippen MR) is 63.9 cm³/mol.